The van der Waals surface area contributed by atoms with Crippen LogP contribution < -0.4 is 10.1 Å². The normalized spacial score (nSPS) is 21.6. The number of rotatable bonds is 5. The third kappa shape index (κ3) is 2.62. The third-order valence-electron chi connectivity index (χ3n) is 3.18. The number of nitrogens with one attached hydrogen (secondary N) is 1. The molecule has 88 valence electrons. The fourth-order valence-corrected chi connectivity index (χ4v) is 1.82. The van der Waals surface area contributed by atoms with Crippen molar-refractivity contribution in [2.75, 3.05) is 18.5 Å². The Hall–Kier alpha value is -1.32. The molecule has 1 atom stereocenters. The van der Waals surface area contributed by atoms with Crippen molar-refractivity contribution in [1.82, 2.24) is 9.97 Å². The molecule has 2 rings (SSSR count). The molecule has 0 radical (unpaired) electrons. The molecule has 1 N–H and O–H groups in total. The van der Waals surface area contributed by atoms with Crippen molar-refractivity contribution in [2.24, 2.45) is 11.3 Å². The maximum Gasteiger partial charge on any atom is 0.218 e. The van der Waals surface area contributed by atoms with E-state index < -0.39 is 0 Å². The smallest absolute Gasteiger partial charge is 0.218 e. The summed E-state index contributed by atoms with van der Waals surface area (Å²) in [6, 6.07) is 1.85. The Balaban J connectivity index is 1.87. The predicted molar refractivity (Wildman–Crippen MR) is 63.6 cm³/mol. The molecular weight excluding hydrogens is 202 g/mol. The number of hydrogen-bond donors (Lipinski definition) is 1. The monoisotopic (exact) mass is 221 g/mol. The van der Waals surface area contributed by atoms with Crippen LogP contribution in [0.3, 0.4) is 0 Å². The van der Waals surface area contributed by atoms with Gasteiger partial charge in [-0.2, -0.15) is 0 Å². The van der Waals surface area contributed by atoms with E-state index in [9.17, 15) is 0 Å². The van der Waals surface area contributed by atoms with Crippen molar-refractivity contribution in [1.29, 1.82) is 0 Å². The van der Waals surface area contributed by atoms with Crippen LogP contribution in [0.2, 0.25) is 0 Å². The number of aromatic nitrogens is 2. The summed E-state index contributed by atoms with van der Waals surface area (Å²) in [5.41, 5.74) is 0.503. The Labute approximate surface area is 96.4 Å². The maximum absolute atomic E-state index is 5.32. The van der Waals surface area contributed by atoms with Gasteiger partial charge in [0.1, 0.15) is 12.1 Å². The summed E-state index contributed by atoms with van der Waals surface area (Å²) in [5.74, 6) is 2.24. The van der Waals surface area contributed by atoms with E-state index in [-0.39, 0.29) is 0 Å². The predicted octanol–water partition coefficient (Wildman–Crippen LogP) is 2.33. The second kappa shape index (κ2) is 4.28. The number of nitrogens with zero attached hydrogens (tertiary/aromatic N) is 2. The van der Waals surface area contributed by atoms with E-state index in [2.05, 4.69) is 29.1 Å². The Bertz CT molecular complexity index is 365. The van der Waals surface area contributed by atoms with Gasteiger partial charge >= 0.3 is 0 Å². The summed E-state index contributed by atoms with van der Waals surface area (Å²) >= 11 is 0. The van der Waals surface area contributed by atoms with Crippen LogP contribution in [0.5, 0.6) is 5.88 Å². The van der Waals surface area contributed by atoms with E-state index >= 15 is 0 Å². The van der Waals surface area contributed by atoms with Gasteiger partial charge in [0.15, 0.2) is 0 Å². The van der Waals surface area contributed by atoms with Crippen LogP contribution in [-0.2, 0) is 0 Å². The van der Waals surface area contributed by atoms with Gasteiger partial charge in [-0.05, 0) is 24.7 Å². The van der Waals surface area contributed by atoms with Gasteiger partial charge in [-0.3, -0.25) is 0 Å². The second-order valence-corrected chi connectivity index (χ2v) is 4.95. The molecule has 1 aromatic rings. The molecule has 0 spiro atoms. The average Bonchev–Trinajstić information content (AvgIpc) is 2.85. The first-order valence-electron chi connectivity index (χ1n) is 5.80. The minimum atomic E-state index is 0.503. The van der Waals surface area contributed by atoms with Gasteiger partial charge in [0.2, 0.25) is 5.88 Å². The average molecular weight is 221 g/mol. The lowest BCUT2D eigenvalue weighted by Gasteiger charge is -2.08. The van der Waals surface area contributed by atoms with Crippen molar-refractivity contribution in [3.05, 3.63) is 12.4 Å². The van der Waals surface area contributed by atoms with E-state index in [1.165, 1.54) is 12.7 Å². The van der Waals surface area contributed by atoms with Crippen LogP contribution in [0.15, 0.2) is 12.4 Å². The lowest BCUT2D eigenvalue weighted by atomic mass is 10.1. The van der Waals surface area contributed by atoms with Gasteiger partial charge in [-0.15, -0.1) is 0 Å². The van der Waals surface area contributed by atoms with Crippen LogP contribution in [0, 0.1) is 11.3 Å². The summed E-state index contributed by atoms with van der Waals surface area (Å²) in [5, 5.41) is 3.33. The van der Waals surface area contributed by atoms with Crippen molar-refractivity contribution in [3.8, 4) is 5.88 Å². The molecule has 1 fully saturated rings. The van der Waals surface area contributed by atoms with Crippen LogP contribution in [-0.4, -0.2) is 23.1 Å². The zero-order valence-electron chi connectivity index (χ0n) is 10.2. The van der Waals surface area contributed by atoms with Gasteiger partial charge in [0.05, 0.1) is 6.61 Å². The van der Waals surface area contributed by atoms with Gasteiger partial charge in [-0.25, -0.2) is 9.97 Å². The van der Waals surface area contributed by atoms with Crippen LogP contribution in [0.1, 0.15) is 27.2 Å². The molecule has 1 aliphatic carbocycles. The Kier molecular flexibility index (Phi) is 2.99. The highest BCUT2D eigenvalue weighted by Gasteiger charge is 2.44. The Morgan fingerprint density at radius 2 is 2.25 bits per heavy atom. The first-order valence-corrected chi connectivity index (χ1v) is 5.80. The molecular formula is C12H19N3O. The fraction of sp³-hybridized carbons (Fsp3) is 0.667. The van der Waals surface area contributed by atoms with Crippen molar-refractivity contribution < 1.29 is 4.74 Å². The van der Waals surface area contributed by atoms with Gasteiger partial charge < -0.3 is 10.1 Å². The number of hydrogen-bond acceptors (Lipinski definition) is 4. The van der Waals surface area contributed by atoms with Crippen LogP contribution >= 0.6 is 0 Å². The first kappa shape index (κ1) is 11.2. The molecule has 0 amide bonds. The van der Waals surface area contributed by atoms with E-state index in [4.69, 9.17) is 4.74 Å². The Morgan fingerprint density at radius 1 is 1.50 bits per heavy atom. The van der Waals surface area contributed by atoms with Gasteiger partial charge in [0, 0.05) is 12.6 Å². The van der Waals surface area contributed by atoms with Crippen LogP contribution in [0.25, 0.3) is 0 Å². The van der Waals surface area contributed by atoms with E-state index in [1.807, 2.05) is 13.0 Å². The van der Waals surface area contributed by atoms with E-state index in [0.29, 0.717) is 17.9 Å². The second-order valence-electron chi connectivity index (χ2n) is 4.95. The van der Waals surface area contributed by atoms with Crippen LogP contribution in [0.4, 0.5) is 5.82 Å². The highest BCUT2D eigenvalue weighted by Crippen LogP contribution is 2.51. The quantitative estimate of drug-likeness (QED) is 0.829. The zero-order chi connectivity index (χ0) is 11.6. The van der Waals surface area contributed by atoms with E-state index in [1.54, 1.807) is 0 Å². The standard InChI is InChI=1S/C12H19N3O/c1-4-16-11-5-10(14-8-15-11)13-7-9-6-12(9,2)3/h5,8-9H,4,6-7H2,1-3H3,(H,13,14,15). The molecule has 4 nitrogen and oxygen atoms in total. The molecule has 16 heavy (non-hydrogen) atoms. The first-order chi connectivity index (χ1) is 7.62. The summed E-state index contributed by atoms with van der Waals surface area (Å²) in [4.78, 5) is 8.19. The minimum absolute atomic E-state index is 0.503. The molecule has 0 aliphatic heterocycles. The summed E-state index contributed by atoms with van der Waals surface area (Å²) < 4.78 is 5.32. The Morgan fingerprint density at radius 3 is 2.88 bits per heavy atom. The van der Waals surface area contributed by atoms with Crippen molar-refractivity contribution in [3.63, 3.8) is 0 Å². The molecule has 1 aromatic heterocycles. The summed E-state index contributed by atoms with van der Waals surface area (Å²) in [6.45, 7) is 8.15. The van der Waals surface area contributed by atoms with E-state index in [0.717, 1.165) is 18.3 Å². The third-order valence-corrected chi connectivity index (χ3v) is 3.18. The number of ether oxygens (including phenoxy) is 1. The molecule has 4 heteroatoms. The fourth-order valence-electron chi connectivity index (χ4n) is 1.82. The summed E-state index contributed by atoms with van der Waals surface area (Å²) in [7, 11) is 0. The van der Waals surface area contributed by atoms with Gasteiger partial charge in [0.25, 0.3) is 0 Å². The SMILES string of the molecule is CCOc1cc(NCC2CC2(C)C)ncn1. The minimum Gasteiger partial charge on any atom is -0.478 e. The van der Waals surface area contributed by atoms with Crippen molar-refractivity contribution >= 4 is 5.82 Å². The molecule has 1 saturated carbocycles. The lowest BCUT2D eigenvalue weighted by Crippen LogP contribution is -2.08. The maximum atomic E-state index is 5.32. The molecule has 0 bridgehead atoms. The lowest BCUT2D eigenvalue weighted by molar-refractivity contribution is 0.326. The molecule has 1 aliphatic rings. The largest absolute Gasteiger partial charge is 0.478 e. The number of anilines is 1. The van der Waals surface area contributed by atoms with Crippen molar-refractivity contribution in [2.45, 2.75) is 27.2 Å². The molecule has 0 aromatic carbocycles. The highest BCUT2D eigenvalue weighted by atomic mass is 16.5. The molecule has 1 unspecified atom stereocenters. The van der Waals surface area contributed by atoms with Gasteiger partial charge in [-0.1, -0.05) is 13.8 Å². The zero-order valence-corrected chi connectivity index (χ0v) is 10.2. The topological polar surface area (TPSA) is 47.0 Å². The molecule has 0 saturated heterocycles. The highest BCUT2D eigenvalue weighted by molar-refractivity contribution is 5.37. The summed E-state index contributed by atoms with van der Waals surface area (Å²) in [6.07, 6.45) is 2.83. The molecule has 1 heterocycles.